The van der Waals surface area contributed by atoms with Crippen LogP contribution in [-0.2, 0) is 6.42 Å². The monoisotopic (exact) mass is 248 g/mol. The molecule has 0 aliphatic heterocycles. The lowest BCUT2D eigenvalue weighted by molar-refractivity contribution is 0.101. The maximum atomic E-state index is 11.1. The number of carbonyl (C=O) groups excluding carboxylic acids is 1. The zero-order valence-electron chi connectivity index (χ0n) is 12.5. The molecule has 0 heterocycles. The number of aryl methyl sites for hydroxylation is 1. The number of hydrogen-bond acceptors (Lipinski definition) is 1. The van der Waals surface area contributed by atoms with E-state index in [0.717, 1.165) is 12.0 Å². The standard InChI is InChI=1S/C15H22O.C2H6/c1-3-4-5-6-7-8-14-9-11-15(12-10-14)13(2)16;1-2/h9-12H,3-8H2,1-2H3;1-2H3. The third kappa shape index (κ3) is 7.26. The van der Waals surface area contributed by atoms with Crippen LogP contribution in [0.25, 0.3) is 0 Å². The first-order valence-electron chi connectivity index (χ1n) is 7.34. The Hall–Kier alpha value is -1.11. The van der Waals surface area contributed by atoms with Crippen LogP contribution in [0.5, 0.6) is 0 Å². The van der Waals surface area contributed by atoms with Crippen LogP contribution in [-0.4, -0.2) is 5.78 Å². The van der Waals surface area contributed by atoms with Gasteiger partial charge in [-0.2, -0.15) is 0 Å². The van der Waals surface area contributed by atoms with E-state index in [-0.39, 0.29) is 5.78 Å². The van der Waals surface area contributed by atoms with E-state index in [1.54, 1.807) is 6.92 Å². The highest BCUT2D eigenvalue weighted by Crippen LogP contribution is 2.10. The van der Waals surface area contributed by atoms with Gasteiger partial charge in [-0.15, -0.1) is 0 Å². The largest absolute Gasteiger partial charge is 0.295 e. The fourth-order valence-corrected chi connectivity index (χ4v) is 1.84. The van der Waals surface area contributed by atoms with Crippen molar-refractivity contribution in [2.75, 3.05) is 0 Å². The summed E-state index contributed by atoms with van der Waals surface area (Å²) in [5.41, 5.74) is 2.16. The summed E-state index contributed by atoms with van der Waals surface area (Å²) in [6, 6.07) is 8.03. The Morgan fingerprint density at radius 2 is 1.50 bits per heavy atom. The molecule has 0 unspecified atom stereocenters. The first-order valence-corrected chi connectivity index (χ1v) is 7.34. The molecule has 1 rings (SSSR count). The van der Waals surface area contributed by atoms with Gasteiger partial charge in [0.2, 0.25) is 0 Å². The van der Waals surface area contributed by atoms with Gasteiger partial charge < -0.3 is 0 Å². The molecule has 0 aliphatic rings. The second kappa shape index (κ2) is 11.0. The number of rotatable bonds is 7. The Balaban J connectivity index is 0.00000137. The molecule has 0 radical (unpaired) electrons. The van der Waals surface area contributed by atoms with E-state index >= 15 is 0 Å². The second-order valence-electron chi connectivity index (χ2n) is 4.42. The van der Waals surface area contributed by atoms with Crippen molar-refractivity contribution in [3.05, 3.63) is 35.4 Å². The zero-order valence-corrected chi connectivity index (χ0v) is 12.5. The van der Waals surface area contributed by atoms with E-state index in [1.807, 2.05) is 26.0 Å². The minimum Gasteiger partial charge on any atom is -0.295 e. The van der Waals surface area contributed by atoms with Crippen LogP contribution in [0.1, 0.15) is 75.7 Å². The van der Waals surface area contributed by atoms with Crippen LogP contribution in [0.4, 0.5) is 0 Å². The summed E-state index contributed by atoms with van der Waals surface area (Å²) in [7, 11) is 0. The molecule has 102 valence electrons. The van der Waals surface area contributed by atoms with Crippen LogP contribution in [0.3, 0.4) is 0 Å². The highest BCUT2D eigenvalue weighted by atomic mass is 16.1. The first kappa shape index (κ1) is 16.9. The van der Waals surface area contributed by atoms with Crippen molar-refractivity contribution in [3.8, 4) is 0 Å². The van der Waals surface area contributed by atoms with E-state index in [9.17, 15) is 4.79 Å². The van der Waals surface area contributed by atoms with Crippen molar-refractivity contribution in [1.29, 1.82) is 0 Å². The minimum atomic E-state index is 0.148. The van der Waals surface area contributed by atoms with Gasteiger partial charge in [-0.1, -0.05) is 70.7 Å². The Morgan fingerprint density at radius 1 is 0.944 bits per heavy atom. The smallest absolute Gasteiger partial charge is 0.159 e. The lowest BCUT2D eigenvalue weighted by Gasteiger charge is -2.02. The highest BCUT2D eigenvalue weighted by Gasteiger charge is 1.98. The predicted molar refractivity (Wildman–Crippen MR) is 80.3 cm³/mol. The summed E-state index contributed by atoms with van der Waals surface area (Å²) in [5.74, 6) is 0.148. The molecule has 18 heavy (non-hydrogen) atoms. The van der Waals surface area contributed by atoms with E-state index in [2.05, 4.69) is 19.1 Å². The summed E-state index contributed by atoms with van der Waals surface area (Å²) < 4.78 is 0. The topological polar surface area (TPSA) is 17.1 Å². The minimum absolute atomic E-state index is 0.148. The van der Waals surface area contributed by atoms with Crippen molar-refractivity contribution in [2.45, 2.75) is 66.2 Å². The van der Waals surface area contributed by atoms with Gasteiger partial charge >= 0.3 is 0 Å². The van der Waals surface area contributed by atoms with Gasteiger partial charge in [-0.05, 0) is 25.3 Å². The van der Waals surface area contributed by atoms with Gasteiger partial charge in [-0.3, -0.25) is 4.79 Å². The summed E-state index contributed by atoms with van der Waals surface area (Å²) in [4.78, 5) is 11.1. The molecule has 0 aromatic heterocycles. The quantitative estimate of drug-likeness (QED) is 0.464. The molecule has 1 aromatic rings. The van der Waals surface area contributed by atoms with Crippen molar-refractivity contribution in [2.24, 2.45) is 0 Å². The number of unbranched alkanes of at least 4 members (excludes halogenated alkanes) is 4. The normalized spacial score (nSPS) is 9.56. The van der Waals surface area contributed by atoms with Crippen molar-refractivity contribution >= 4 is 5.78 Å². The maximum Gasteiger partial charge on any atom is 0.159 e. The second-order valence-corrected chi connectivity index (χ2v) is 4.42. The Morgan fingerprint density at radius 3 is 2.00 bits per heavy atom. The van der Waals surface area contributed by atoms with Crippen LogP contribution < -0.4 is 0 Å². The summed E-state index contributed by atoms with van der Waals surface area (Å²) in [6.45, 7) is 7.85. The molecule has 0 saturated carbocycles. The Labute approximate surface area is 113 Å². The Bertz CT molecular complexity index is 311. The molecule has 0 atom stereocenters. The molecule has 0 aliphatic carbocycles. The van der Waals surface area contributed by atoms with Gasteiger partial charge in [-0.25, -0.2) is 0 Å². The number of carbonyl (C=O) groups is 1. The SMILES string of the molecule is CC.CCCCCCCc1ccc(C(C)=O)cc1. The van der Waals surface area contributed by atoms with Crippen LogP contribution >= 0.6 is 0 Å². The van der Waals surface area contributed by atoms with Gasteiger partial charge in [0.1, 0.15) is 0 Å². The molecular weight excluding hydrogens is 220 g/mol. The van der Waals surface area contributed by atoms with Crippen LogP contribution in [0.2, 0.25) is 0 Å². The molecular formula is C17H28O. The van der Waals surface area contributed by atoms with E-state index < -0.39 is 0 Å². The van der Waals surface area contributed by atoms with Crippen LogP contribution in [0.15, 0.2) is 24.3 Å². The maximum absolute atomic E-state index is 11.1. The molecule has 1 nitrogen and oxygen atoms in total. The van der Waals surface area contributed by atoms with E-state index in [0.29, 0.717) is 0 Å². The molecule has 0 N–H and O–H groups in total. The molecule has 1 aromatic carbocycles. The fraction of sp³-hybridized carbons (Fsp3) is 0.588. The lowest BCUT2D eigenvalue weighted by Crippen LogP contribution is -1.92. The number of hydrogen-bond donors (Lipinski definition) is 0. The number of Topliss-reactive ketones (excluding diaryl/α,β-unsaturated/α-hetero) is 1. The average molecular weight is 248 g/mol. The van der Waals surface area contributed by atoms with E-state index in [1.165, 1.54) is 37.7 Å². The molecule has 0 amide bonds. The highest BCUT2D eigenvalue weighted by molar-refractivity contribution is 5.93. The molecule has 0 bridgehead atoms. The summed E-state index contributed by atoms with van der Waals surface area (Å²) in [5, 5.41) is 0. The lowest BCUT2D eigenvalue weighted by atomic mass is 10.0. The zero-order chi connectivity index (χ0) is 13.8. The third-order valence-corrected chi connectivity index (χ3v) is 2.93. The van der Waals surface area contributed by atoms with Crippen molar-refractivity contribution in [3.63, 3.8) is 0 Å². The van der Waals surface area contributed by atoms with Gasteiger partial charge in [0.05, 0.1) is 0 Å². The number of ketones is 1. The number of benzene rings is 1. The van der Waals surface area contributed by atoms with E-state index in [4.69, 9.17) is 0 Å². The van der Waals surface area contributed by atoms with Crippen molar-refractivity contribution < 1.29 is 4.79 Å². The van der Waals surface area contributed by atoms with Crippen molar-refractivity contribution in [1.82, 2.24) is 0 Å². The molecule has 0 fully saturated rings. The molecule has 0 saturated heterocycles. The van der Waals surface area contributed by atoms with Gasteiger partial charge in [0.25, 0.3) is 0 Å². The third-order valence-electron chi connectivity index (χ3n) is 2.93. The summed E-state index contributed by atoms with van der Waals surface area (Å²) in [6.07, 6.45) is 7.72. The summed E-state index contributed by atoms with van der Waals surface area (Å²) >= 11 is 0. The first-order chi connectivity index (χ1) is 8.74. The Kier molecular flexibility index (Phi) is 10.3. The molecule has 0 spiro atoms. The molecule has 1 heteroatoms. The van der Waals surface area contributed by atoms with Gasteiger partial charge in [0.15, 0.2) is 5.78 Å². The fourth-order valence-electron chi connectivity index (χ4n) is 1.84. The van der Waals surface area contributed by atoms with Crippen LogP contribution in [0, 0.1) is 0 Å². The average Bonchev–Trinajstić information content (AvgIpc) is 2.41. The van der Waals surface area contributed by atoms with Gasteiger partial charge in [0, 0.05) is 5.56 Å². The predicted octanol–water partition coefficient (Wildman–Crippen LogP) is 5.43.